The molecule has 1 atom stereocenters. The molecule has 0 radical (unpaired) electrons. The fourth-order valence-corrected chi connectivity index (χ4v) is 5.25. The van der Waals surface area contributed by atoms with Crippen LogP contribution in [0.1, 0.15) is 45.2 Å². The molecule has 10 heteroatoms. The maximum absolute atomic E-state index is 13.4. The van der Waals surface area contributed by atoms with Gasteiger partial charge >= 0.3 is 5.97 Å². The molecule has 0 aliphatic rings. The number of amides is 3. The van der Waals surface area contributed by atoms with Gasteiger partial charge < -0.3 is 21.1 Å². The van der Waals surface area contributed by atoms with Crippen molar-refractivity contribution in [3.05, 3.63) is 130 Å². The maximum atomic E-state index is 13.4. The Hall–Kier alpha value is -4.86. The Bertz CT molecular complexity index is 1710. The normalized spacial score (nSPS) is 11.8. The van der Waals surface area contributed by atoms with E-state index in [0.29, 0.717) is 22.6 Å². The fraction of sp³-hybridized carbons (Fsp3) is 0.118. The first-order valence-electron chi connectivity index (χ1n) is 13.7. The molecule has 4 aromatic carbocycles. The number of halogens is 1. The maximum Gasteiger partial charge on any atom is 0.335 e. The second-order valence-electron chi connectivity index (χ2n) is 9.77. The van der Waals surface area contributed by atoms with Crippen LogP contribution in [0.5, 0.6) is 0 Å². The Kier molecular flexibility index (Phi) is 11.0. The number of rotatable bonds is 11. The molecular formula is C34H30ClN3O5S. The number of aryl methyl sites for hydroxylation is 1. The van der Waals surface area contributed by atoms with Crippen LogP contribution in [0.4, 0.5) is 11.4 Å². The second-order valence-corrected chi connectivity index (χ2v) is 11.5. The monoisotopic (exact) mass is 627 g/mol. The van der Waals surface area contributed by atoms with E-state index in [1.807, 2.05) is 44.2 Å². The Labute approximate surface area is 264 Å². The smallest absolute Gasteiger partial charge is 0.335 e. The molecule has 0 spiro atoms. The van der Waals surface area contributed by atoms with Crippen LogP contribution in [-0.4, -0.2) is 34.0 Å². The van der Waals surface area contributed by atoms with Crippen LogP contribution < -0.4 is 16.0 Å². The molecule has 0 fully saturated rings. The number of hydrogen-bond donors (Lipinski definition) is 4. The molecule has 44 heavy (non-hydrogen) atoms. The number of carboxylic acids is 1. The quantitative estimate of drug-likeness (QED) is 0.102. The fourth-order valence-electron chi connectivity index (χ4n) is 4.07. The SMILES string of the molecule is CCC(Sc1cccc(NC(=O)/C(=C/c2ccc(C)cc2)NC(=O)c2ccccc2)c1)C(=O)Nc1cc(C(=O)O)ccc1Cl. The molecule has 0 heterocycles. The summed E-state index contributed by atoms with van der Waals surface area (Å²) in [6.45, 7) is 3.82. The van der Waals surface area contributed by atoms with Crippen LogP contribution in [0.3, 0.4) is 0 Å². The van der Waals surface area contributed by atoms with Gasteiger partial charge in [-0.1, -0.05) is 72.6 Å². The molecule has 1 unspecified atom stereocenters. The van der Waals surface area contributed by atoms with Crippen molar-refractivity contribution in [2.24, 2.45) is 0 Å². The van der Waals surface area contributed by atoms with Crippen LogP contribution >= 0.6 is 23.4 Å². The Morgan fingerprint density at radius 1 is 0.864 bits per heavy atom. The van der Waals surface area contributed by atoms with Crippen molar-refractivity contribution in [1.82, 2.24) is 5.32 Å². The molecule has 4 N–H and O–H groups in total. The van der Waals surface area contributed by atoms with E-state index in [9.17, 15) is 24.3 Å². The summed E-state index contributed by atoms with van der Waals surface area (Å²) in [5.74, 6) is -2.42. The van der Waals surface area contributed by atoms with E-state index in [1.165, 1.54) is 30.0 Å². The number of carboxylic acid groups (broad SMARTS) is 1. The second kappa shape index (κ2) is 15.0. The van der Waals surface area contributed by atoms with Gasteiger partial charge in [-0.05, 0) is 73.5 Å². The van der Waals surface area contributed by atoms with Gasteiger partial charge in [0, 0.05) is 16.1 Å². The van der Waals surface area contributed by atoms with Gasteiger partial charge in [0.25, 0.3) is 11.8 Å². The average molecular weight is 628 g/mol. The summed E-state index contributed by atoms with van der Waals surface area (Å²) in [4.78, 5) is 51.5. The molecule has 0 saturated heterocycles. The molecule has 0 aromatic heterocycles. The third-order valence-electron chi connectivity index (χ3n) is 6.42. The molecule has 3 amide bonds. The lowest BCUT2D eigenvalue weighted by Gasteiger charge is -2.17. The number of carbonyl (C=O) groups is 4. The van der Waals surface area contributed by atoms with Crippen LogP contribution in [0.2, 0.25) is 5.02 Å². The number of aromatic carboxylic acids is 1. The van der Waals surface area contributed by atoms with Crippen LogP contribution in [-0.2, 0) is 9.59 Å². The lowest BCUT2D eigenvalue weighted by molar-refractivity contribution is -0.116. The summed E-state index contributed by atoms with van der Waals surface area (Å²) in [5, 5.41) is 17.3. The molecule has 4 rings (SSSR count). The Morgan fingerprint density at radius 3 is 2.27 bits per heavy atom. The van der Waals surface area contributed by atoms with Gasteiger partial charge in [0.05, 0.1) is 21.5 Å². The topological polar surface area (TPSA) is 125 Å². The first-order valence-corrected chi connectivity index (χ1v) is 14.9. The van der Waals surface area contributed by atoms with Crippen molar-refractivity contribution in [3.63, 3.8) is 0 Å². The molecule has 224 valence electrons. The third kappa shape index (κ3) is 8.82. The van der Waals surface area contributed by atoms with Crippen molar-refractivity contribution in [1.29, 1.82) is 0 Å². The zero-order valence-corrected chi connectivity index (χ0v) is 25.5. The number of carbonyl (C=O) groups excluding carboxylic acids is 3. The predicted octanol–water partition coefficient (Wildman–Crippen LogP) is 7.27. The van der Waals surface area contributed by atoms with Gasteiger partial charge in [-0.25, -0.2) is 4.79 Å². The predicted molar refractivity (Wildman–Crippen MR) is 175 cm³/mol. The minimum Gasteiger partial charge on any atom is -0.478 e. The van der Waals surface area contributed by atoms with E-state index < -0.39 is 23.0 Å². The number of hydrogen-bond acceptors (Lipinski definition) is 5. The molecule has 0 aliphatic heterocycles. The van der Waals surface area contributed by atoms with Crippen molar-refractivity contribution in [3.8, 4) is 0 Å². The van der Waals surface area contributed by atoms with E-state index in [1.54, 1.807) is 54.6 Å². The zero-order chi connectivity index (χ0) is 31.6. The lowest BCUT2D eigenvalue weighted by Crippen LogP contribution is -2.30. The summed E-state index contributed by atoms with van der Waals surface area (Å²) < 4.78 is 0. The highest BCUT2D eigenvalue weighted by atomic mass is 35.5. The summed E-state index contributed by atoms with van der Waals surface area (Å²) in [6.07, 6.45) is 2.08. The van der Waals surface area contributed by atoms with Crippen molar-refractivity contribution < 1.29 is 24.3 Å². The first-order chi connectivity index (χ1) is 21.1. The number of anilines is 2. The highest BCUT2D eigenvalue weighted by Gasteiger charge is 2.21. The Balaban J connectivity index is 1.50. The van der Waals surface area contributed by atoms with E-state index in [2.05, 4.69) is 16.0 Å². The van der Waals surface area contributed by atoms with E-state index in [4.69, 9.17) is 11.6 Å². The summed E-state index contributed by atoms with van der Waals surface area (Å²) in [6, 6.07) is 27.3. The number of benzene rings is 4. The van der Waals surface area contributed by atoms with Gasteiger partial charge in [-0.2, -0.15) is 0 Å². The Morgan fingerprint density at radius 2 is 1.59 bits per heavy atom. The van der Waals surface area contributed by atoms with E-state index in [-0.39, 0.29) is 27.9 Å². The van der Waals surface area contributed by atoms with Gasteiger partial charge in [-0.15, -0.1) is 11.8 Å². The van der Waals surface area contributed by atoms with Crippen molar-refractivity contribution in [2.45, 2.75) is 30.4 Å². The highest BCUT2D eigenvalue weighted by Crippen LogP contribution is 2.30. The molecule has 0 aliphatic carbocycles. The average Bonchev–Trinajstić information content (AvgIpc) is 3.02. The van der Waals surface area contributed by atoms with Gasteiger partial charge in [-0.3, -0.25) is 14.4 Å². The number of thioether (sulfide) groups is 1. The number of nitrogens with one attached hydrogen (secondary N) is 3. The standard InChI is InChI=1S/C34H30ClN3O5S/c1-3-30(33(41)37-28-19-24(34(42)43)16-17-27(28)35)44-26-11-7-10-25(20-26)36-32(40)29(18-22-14-12-21(2)13-15-22)38-31(39)23-8-5-4-6-9-23/h4-20,30H,3H2,1-2H3,(H,36,40)(H,37,41)(H,38,39)(H,42,43)/b29-18-. The van der Waals surface area contributed by atoms with E-state index in [0.717, 1.165) is 11.1 Å². The molecule has 0 bridgehead atoms. The van der Waals surface area contributed by atoms with Crippen LogP contribution in [0.15, 0.2) is 108 Å². The van der Waals surface area contributed by atoms with Crippen LogP contribution in [0.25, 0.3) is 6.08 Å². The third-order valence-corrected chi connectivity index (χ3v) is 8.11. The first kappa shape index (κ1) is 32.1. The summed E-state index contributed by atoms with van der Waals surface area (Å²) in [5.41, 5.74) is 2.96. The zero-order valence-electron chi connectivity index (χ0n) is 24.0. The molecule has 8 nitrogen and oxygen atoms in total. The lowest BCUT2D eigenvalue weighted by atomic mass is 10.1. The molecule has 0 saturated carbocycles. The van der Waals surface area contributed by atoms with Crippen molar-refractivity contribution >= 4 is 64.5 Å². The van der Waals surface area contributed by atoms with Gasteiger partial charge in [0.1, 0.15) is 5.70 Å². The summed E-state index contributed by atoms with van der Waals surface area (Å²) >= 11 is 7.47. The van der Waals surface area contributed by atoms with Crippen molar-refractivity contribution in [2.75, 3.05) is 10.6 Å². The van der Waals surface area contributed by atoms with Crippen LogP contribution in [0, 0.1) is 6.92 Å². The molecule has 4 aromatic rings. The van der Waals surface area contributed by atoms with Gasteiger partial charge in [0.15, 0.2) is 0 Å². The minimum absolute atomic E-state index is 0.00426. The summed E-state index contributed by atoms with van der Waals surface area (Å²) in [7, 11) is 0. The minimum atomic E-state index is -1.13. The van der Waals surface area contributed by atoms with Gasteiger partial charge in [0.2, 0.25) is 5.91 Å². The van der Waals surface area contributed by atoms with E-state index >= 15 is 0 Å². The molecular weight excluding hydrogens is 598 g/mol. The largest absolute Gasteiger partial charge is 0.478 e. The highest BCUT2D eigenvalue weighted by molar-refractivity contribution is 8.00.